The summed E-state index contributed by atoms with van der Waals surface area (Å²) in [6.07, 6.45) is 1.90. The van der Waals surface area contributed by atoms with Crippen molar-refractivity contribution in [2.24, 2.45) is 0 Å². The number of aryl methyl sites for hydroxylation is 1. The molecular formula is C11H13N3S. The Labute approximate surface area is 93.0 Å². The van der Waals surface area contributed by atoms with Crippen LogP contribution in [0, 0.1) is 6.92 Å². The van der Waals surface area contributed by atoms with Crippen molar-refractivity contribution in [3.05, 3.63) is 40.3 Å². The van der Waals surface area contributed by atoms with Crippen LogP contribution in [-0.2, 0) is 6.54 Å². The second kappa shape index (κ2) is 4.31. The van der Waals surface area contributed by atoms with Crippen LogP contribution in [-0.4, -0.2) is 4.98 Å². The maximum atomic E-state index is 5.68. The average Bonchev–Trinajstić information content (AvgIpc) is 2.62. The molecule has 3 N–H and O–H groups in total. The standard InChI is InChI=1S/C11H13N3S/c1-8-13-6-11(15-8)7-14-10-4-2-3-9(12)5-10/h2-6,14H,7,12H2,1H3. The molecule has 0 fully saturated rings. The Bertz CT molecular complexity index is 451. The van der Waals surface area contributed by atoms with Crippen LogP contribution in [0.5, 0.6) is 0 Å². The summed E-state index contributed by atoms with van der Waals surface area (Å²) in [6.45, 7) is 2.81. The number of hydrogen-bond donors (Lipinski definition) is 2. The molecular weight excluding hydrogens is 206 g/mol. The first-order chi connectivity index (χ1) is 7.24. The van der Waals surface area contributed by atoms with Gasteiger partial charge in [-0.05, 0) is 25.1 Å². The number of nitrogens with two attached hydrogens (primary N) is 1. The molecule has 0 aliphatic carbocycles. The summed E-state index contributed by atoms with van der Waals surface area (Å²) in [5, 5.41) is 4.40. The fourth-order valence-corrected chi connectivity index (χ4v) is 2.06. The molecule has 3 nitrogen and oxygen atoms in total. The second-order valence-corrected chi connectivity index (χ2v) is 4.64. The van der Waals surface area contributed by atoms with Gasteiger partial charge in [0.1, 0.15) is 0 Å². The van der Waals surface area contributed by atoms with Gasteiger partial charge in [0.2, 0.25) is 0 Å². The van der Waals surface area contributed by atoms with Gasteiger partial charge in [0.15, 0.2) is 0 Å². The van der Waals surface area contributed by atoms with E-state index in [0.717, 1.165) is 22.9 Å². The second-order valence-electron chi connectivity index (χ2n) is 3.32. The van der Waals surface area contributed by atoms with Crippen molar-refractivity contribution >= 4 is 22.7 Å². The minimum atomic E-state index is 0.778. The minimum absolute atomic E-state index is 0.778. The molecule has 0 aliphatic heterocycles. The smallest absolute Gasteiger partial charge is 0.0897 e. The molecule has 4 heteroatoms. The first kappa shape index (κ1) is 9.98. The molecule has 1 aromatic heterocycles. The normalized spacial score (nSPS) is 10.2. The summed E-state index contributed by atoms with van der Waals surface area (Å²) < 4.78 is 0. The highest BCUT2D eigenvalue weighted by atomic mass is 32.1. The van der Waals surface area contributed by atoms with E-state index in [1.54, 1.807) is 11.3 Å². The van der Waals surface area contributed by atoms with E-state index >= 15 is 0 Å². The molecule has 0 spiro atoms. The van der Waals surface area contributed by atoms with Crippen molar-refractivity contribution in [1.29, 1.82) is 0 Å². The summed E-state index contributed by atoms with van der Waals surface area (Å²) in [7, 11) is 0. The molecule has 15 heavy (non-hydrogen) atoms. The van der Waals surface area contributed by atoms with Crippen LogP contribution in [0.15, 0.2) is 30.5 Å². The summed E-state index contributed by atoms with van der Waals surface area (Å²) >= 11 is 1.71. The molecule has 0 amide bonds. The van der Waals surface area contributed by atoms with Crippen molar-refractivity contribution in [3.8, 4) is 0 Å². The third kappa shape index (κ3) is 2.70. The molecule has 0 unspecified atom stereocenters. The summed E-state index contributed by atoms with van der Waals surface area (Å²) in [5.41, 5.74) is 7.50. The summed E-state index contributed by atoms with van der Waals surface area (Å²) in [6, 6.07) is 7.75. The Morgan fingerprint density at radius 2 is 2.33 bits per heavy atom. The number of nitrogen functional groups attached to an aromatic ring is 1. The number of nitrogens with zero attached hydrogens (tertiary/aromatic N) is 1. The van der Waals surface area contributed by atoms with Gasteiger partial charge in [-0.3, -0.25) is 0 Å². The lowest BCUT2D eigenvalue weighted by Gasteiger charge is -2.04. The molecule has 1 heterocycles. The summed E-state index contributed by atoms with van der Waals surface area (Å²) in [5.74, 6) is 0. The van der Waals surface area contributed by atoms with E-state index in [9.17, 15) is 0 Å². The Hall–Kier alpha value is -1.55. The van der Waals surface area contributed by atoms with Gasteiger partial charge in [-0.1, -0.05) is 6.07 Å². The van der Waals surface area contributed by atoms with Crippen molar-refractivity contribution in [2.75, 3.05) is 11.1 Å². The Morgan fingerprint density at radius 1 is 1.47 bits per heavy atom. The zero-order valence-electron chi connectivity index (χ0n) is 8.53. The Balaban J connectivity index is 1.99. The lowest BCUT2D eigenvalue weighted by molar-refractivity contribution is 1.17. The summed E-state index contributed by atoms with van der Waals surface area (Å²) in [4.78, 5) is 5.43. The van der Waals surface area contributed by atoms with Gasteiger partial charge in [-0.2, -0.15) is 0 Å². The molecule has 0 radical (unpaired) electrons. The lowest BCUT2D eigenvalue weighted by Crippen LogP contribution is -1.97. The molecule has 1 aromatic carbocycles. The van der Waals surface area contributed by atoms with Crippen LogP contribution in [0.3, 0.4) is 0 Å². The minimum Gasteiger partial charge on any atom is -0.399 e. The maximum Gasteiger partial charge on any atom is 0.0897 e. The zero-order valence-corrected chi connectivity index (χ0v) is 9.34. The van der Waals surface area contributed by atoms with E-state index < -0.39 is 0 Å². The molecule has 0 saturated carbocycles. The van der Waals surface area contributed by atoms with E-state index in [1.165, 1.54) is 4.88 Å². The van der Waals surface area contributed by atoms with Crippen LogP contribution in [0.2, 0.25) is 0 Å². The number of benzene rings is 1. The van der Waals surface area contributed by atoms with Crippen LogP contribution in [0.4, 0.5) is 11.4 Å². The highest BCUT2D eigenvalue weighted by Gasteiger charge is 1.98. The topological polar surface area (TPSA) is 50.9 Å². The van der Waals surface area contributed by atoms with Gasteiger partial charge < -0.3 is 11.1 Å². The number of rotatable bonds is 3. The van der Waals surface area contributed by atoms with E-state index in [-0.39, 0.29) is 0 Å². The molecule has 0 atom stereocenters. The lowest BCUT2D eigenvalue weighted by atomic mass is 10.3. The third-order valence-electron chi connectivity index (χ3n) is 2.02. The van der Waals surface area contributed by atoms with Crippen molar-refractivity contribution in [3.63, 3.8) is 0 Å². The van der Waals surface area contributed by atoms with Crippen LogP contribution >= 0.6 is 11.3 Å². The van der Waals surface area contributed by atoms with Crippen LogP contribution in [0.25, 0.3) is 0 Å². The van der Waals surface area contributed by atoms with Gasteiger partial charge >= 0.3 is 0 Å². The third-order valence-corrected chi connectivity index (χ3v) is 2.94. The predicted molar refractivity (Wildman–Crippen MR) is 65.0 cm³/mol. The van der Waals surface area contributed by atoms with E-state index in [0.29, 0.717) is 0 Å². The maximum absolute atomic E-state index is 5.68. The van der Waals surface area contributed by atoms with Gasteiger partial charge in [0, 0.05) is 22.4 Å². The van der Waals surface area contributed by atoms with Crippen molar-refractivity contribution in [2.45, 2.75) is 13.5 Å². The largest absolute Gasteiger partial charge is 0.399 e. The fraction of sp³-hybridized carbons (Fsp3) is 0.182. The van der Waals surface area contributed by atoms with Crippen molar-refractivity contribution < 1.29 is 0 Å². The Morgan fingerprint density at radius 3 is 3.00 bits per heavy atom. The predicted octanol–water partition coefficient (Wildman–Crippen LogP) is 2.65. The highest BCUT2D eigenvalue weighted by Crippen LogP contribution is 2.16. The van der Waals surface area contributed by atoms with E-state index in [4.69, 9.17) is 5.73 Å². The van der Waals surface area contributed by atoms with Crippen LogP contribution < -0.4 is 11.1 Å². The molecule has 0 aliphatic rings. The van der Waals surface area contributed by atoms with Gasteiger partial charge in [0.25, 0.3) is 0 Å². The molecule has 0 saturated heterocycles. The van der Waals surface area contributed by atoms with Crippen molar-refractivity contribution in [1.82, 2.24) is 4.98 Å². The van der Waals surface area contributed by atoms with Crippen LogP contribution in [0.1, 0.15) is 9.88 Å². The van der Waals surface area contributed by atoms with Gasteiger partial charge in [-0.25, -0.2) is 4.98 Å². The molecule has 2 rings (SSSR count). The number of aromatic nitrogens is 1. The van der Waals surface area contributed by atoms with E-state index in [1.807, 2.05) is 37.4 Å². The quantitative estimate of drug-likeness (QED) is 0.780. The SMILES string of the molecule is Cc1ncc(CNc2cccc(N)c2)s1. The number of thiazole rings is 1. The molecule has 78 valence electrons. The molecule has 2 aromatic rings. The monoisotopic (exact) mass is 219 g/mol. The number of nitrogens with one attached hydrogen (secondary N) is 1. The Kier molecular flexibility index (Phi) is 2.87. The number of hydrogen-bond acceptors (Lipinski definition) is 4. The van der Waals surface area contributed by atoms with Gasteiger partial charge in [-0.15, -0.1) is 11.3 Å². The van der Waals surface area contributed by atoms with Gasteiger partial charge in [0.05, 0.1) is 11.6 Å². The number of anilines is 2. The average molecular weight is 219 g/mol. The molecule has 0 bridgehead atoms. The zero-order chi connectivity index (χ0) is 10.7. The van der Waals surface area contributed by atoms with E-state index in [2.05, 4.69) is 10.3 Å². The first-order valence-electron chi connectivity index (χ1n) is 4.75. The highest BCUT2D eigenvalue weighted by molar-refractivity contribution is 7.11. The fourth-order valence-electron chi connectivity index (χ4n) is 1.32. The first-order valence-corrected chi connectivity index (χ1v) is 5.56.